The summed E-state index contributed by atoms with van der Waals surface area (Å²) in [6.07, 6.45) is 1.81. The molecule has 1 aliphatic rings. The molecule has 0 N–H and O–H groups in total. The third kappa shape index (κ3) is 4.47. The lowest BCUT2D eigenvalue weighted by Gasteiger charge is -2.18. The van der Waals surface area contributed by atoms with Gasteiger partial charge in [-0.2, -0.15) is 0 Å². The molecule has 0 bridgehead atoms. The highest BCUT2D eigenvalue weighted by Crippen LogP contribution is 2.37. The smallest absolute Gasteiger partial charge is 0.340 e. The maximum Gasteiger partial charge on any atom is 0.340 e. The summed E-state index contributed by atoms with van der Waals surface area (Å²) < 4.78 is 12.8. The molecule has 0 saturated carbocycles. The van der Waals surface area contributed by atoms with E-state index in [-0.39, 0.29) is 18.1 Å². The summed E-state index contributed by atoms with van der Waals surface area (Å²) >= 11 is 0. The van der Waals surface area contributed by atoms with Gasteiger partial charge in [0.1, 0.15) is 5.75 Å². The first-order valence-electron chi connectivity index (χ1n) is 12.0. The van der Waals surface area contributed by atoms with Crippen molar-refractivity contribution in [3.8, 4) is 11.4 Å². The van der Waals surface area contributed by atoms with Crippen molar-refractivity contribution in [1.29, 1.82) is 0 Å². The third-order valence-electron chi connectivity index (χ3n) is 6.44. The number of carbonyl (C=O) groups excluding carboxylic acids is 2. The van der Waals surface area contributed by atoms with Crippen LogP contribution in [0.2, 0.25) is 0 Å². The lowest BCUT2D eigenvalue weighted by atomic mass is 10.0. The molecular weight excluding hydrogens is 452 g/mol. The number of aromatic nitrogens is 1. The Bertz CT molecular complexity index is 1390. The number of nitrogens with zero attached hydrogens (tertiary/aromatic N) is 2. The lowest BCUT2D eigenvalue weighted by molar-refractivity contribution is -0.138. The summed E-state index contributed by atoms with van der Waals surface area (Å²) in [6, 6.07) is 15.7. The number of allylic oxidation sites excluding steroid dienone is 1. The quantitative estimate of drug-likeness (QED) is 0.319. The van der Waals surface area contributed by atoms with E-state index in [4.69, 9.17) is 9.47 Å². The van der Waals surface area contributed by atoms with Crippen molar-refractivity contribution in [2.24, 2.45) is 0 Å². The highest BCUT2D eigenvalue weighted by atomic mass is 16.5. The average Bonchev–Trinajstić information content (AvgIpc) is 3.24. The van der Waals surface area contributed by atoms with E-state index in [1.165, 1.54) is 11.1 Å². The first-order valence-corrected chi connectivity index (χ1v) is 12.0. The number of rotatable bonds is 6. The largest absolute Gasteiger partial charge is 0.497 e. The van der Waals surface area contributed by atoms with Crippen LogP contribution in [0.25, 0.3) is 11.8 Å². The zero-order chi connectivity index (χ0) is 26.1. The van der Waals surface area contributed by atoms with E-state index in [0.717, 1.165) is 22.6 Å². The fourth-order valence-corrected chi connectivity index (χ4v) is 4.89. The Morgan fingerprint density at radius 1 is 0.917 bits per heavy atom. The van der Waals surface area contributed by atoms with Crippen LogP contribution in [-0.2, 0) is 14.3 Å². The van der Waals surface area contributed by atoms with Crippen LogP contribution in [-0.4, -0.2) is 30.2 Å². The molecule has 2 heterocycles. The summed E-state index contributed by atoms with van der Waals surface area (Å²) in [7, 11) is 1.59. The van der Waals surface area contributed by atoms with E-state index >= 15 is 0 Å². The second-order valence-corrected chi connectivity index (χ2v) is 9.09. The van der Waals surface area contributed by atoms with Crippen LogP contribution in [0.5, 0.6) is 5.75 Å². The predicted octanol–water partition coefficient (Wildman–Crippen LogP) is 5.99. The van der Waals surface area contributed by atoms with Crippen molar-refractivity contribution in [1.82, 2.24) is 4.57 Å². The molecular formula is C30H32N2O4. The fourth-order valence-electron chi connectivity index (χ4n) is 4.89. The minimum Gasteiger partial charge on any atom is -0.497 e. The van der Waals surface area contributed by atoms with Gasteiger partial charge in [-0.05, 0) is 107 Å². The molecule has 0 unspecified atom stereocenters. The molecule has 0 saturated heterocycles. The second-order valence-electron chi connectivity index (χ2n) is 9.09. The average molecular weight is 485 g/mol. The highest BCUT2D eigenvalue weighted by Gasteiger charge is 2.38. The molecule has 3 aromatic rings. The monoisotopic (exact) mass is 484 g/mol. The van der Waals surface area contributed by atoms with Gasteiger partial charge in [0.25, 0.3) is 5.91 Å². The number of ether oxygens (including phenoxy) is 2. The Labute approximate surface area is 212 Å². The first kappa shape index (κ1) is 25.0. The Morgan fingerprint density at radius 3 is 2.14 bits per heavy atom. The fraction of sp³-hybridized carbons (Fsp3) is 0.267. The third-order valence-corrected chi connectivity index (χ3v) is 6.44. The van der Waals surface area contributed by atoms with Gasteiger partial charge in [-0.3, -0.25) is 9.69 Å². The summed E-state index contributed by atoms with van der Waals surface area (Å²) in [5.41, 5.74) is 8.15. The Kier molecular flexibility index (Phi) is 6.88. The highest BCUT2D eigenvalue weighted by molar-refractivity contribution is 6.23. The van der Waals surface area contributed by atoms with Gasteiger partial charge in [0, 0.05) is 28.5 Å². The van der Waals surface area contributed by atoms with Gasteiger partial charge in [-0.15, -0.1) is 0 Å². The van der Waals surface area contributed by atoms with Crippen LogP contribution in [0.1, 0.15) is 41.9 Å². The van der Waals surface area contributed by atoms with Crippen molar-refractivity contribution in [2.45, 2.75) is 41.5 Å². The van der Waals surface area contributed by atoms with Gasteiger partial charge in [-0.25, -0.2) is 4.79 Å². The minimum absolute atomic E-state index is 0.223. The maximum atomic E-state index is 13.7. The summed E-state index contributed by atoms with van der Waals surface area (Å²) in [5, 5.41) is 0. The van der Waals surface area contributed by atoms with Crippen LogP contribution in [0.3, 0.4) is 0 Å². The molecule has 2 aromatic carbocycles. The molecule has 186 valence electrons. The normalized spacial score (nSPS) is 14.7. The maximum absolute atomic E-state index is 13.7. The van der Waals surface area contributed by atoms with Crippen LogP contribution < -0.4 is 9.64 Å². The van der Waals surface area contributed by atoms with Crippen molar-refractivity contribution < 1.29 is 19.1 Å². The van der Waals surface area contributed by atoms with E-state index in [0.29, 0.717) is 22.7 Å². The SMILES string of the molecule is CCOC(=O)C1=C(C)N(c2ccc(OC)cc2)C(=O)/C1=C\c1cc(C)n(-c2cc(C)cc(C)c2)c1C. The van der Waals surface area contributed by atoms with E-state index in [1.807, 2.05) is 26.0 Å². The van der Waals surface area contributed by atoms with Gasteiger partial charge in [-0.1, -0.05) is 6.07 Å². The Balaban J connectivity index is 1.84. The number of benzene rings is 2. The number of hydrogen-bond acceptors (Lipinski definition) is 4. The van der Waals surface area contributed by atoms with E-state index in [1.54, 1.807) is 50.1 Å². The first-order chi connectivity index (χ1) is 17.2. The summed E-state index contributed by atoms with van der Waals surface area (Å²) in [5.74, 6) is -0.0853. The van der Waals surface area contributed by atoms with Crippen molar-refractivity contribution in [3.05, 3.63) is 93.5 Å². The van der Waals surface area contributed by atoms with Gasteiger partial charge >= 0.3 is 5.97 Å². The van der Waals surface area contributed by atoms with Crippen molar-refractivity contribution >= 4 is 23.6 Å². The molecule has 4 rings (SSSR count). The second kappa shape index (κ2) is 9.90. The predicted molar refractivity (Wildman–Crippen MR) is 143 cm³/mol. The number of aryl methyl sites for hydroxylation is 3. The van der Waals surface area contributed by atoms with Gasteiger partial charge in [0.05, 0.1) is 24.9 Å². The number of hydrogen-bond donors (Lipinski definition) is 0. The van der Waals surface area contributed by atoms with E-state index in [9.17, 15) is 9.59 Å². The summed E-state index contributed by atoms with van der Waals surface area (Å²) in [6.45, 7) is 12.0. The van der Waals surface area contributed by atoms with Crippen LogP contribution in [0, 0.1) is 27.7 Å². The minimum atomic E-state index is -0.506. The van der Waals surface area contributed by atoms with Crippen LogP contribution in [0.4, 0.5) is 5.69 Å². The lowest BCUT2D eigenvalue weighted by Crippen LogP contribution is -2.24. The molecule has 1 amide bonds. The van der Waals surface area contributed by atoms with Crippen molar-refractivity contribution in [3.63, 3.8) is 0 Å². The Hall–Kier alpha value is -4.06. The molecule has 0 aliphatic carbocycles. The van der Waals surface area contributed by atoms with E-state index in [2.05, 4.69) is 36.6 Å². The van der Waals surface area contributed by atoms with Crippen LogP contribution >= 0.6 is 0 Å². The molecule has 1 aromatic heterocycles. The zero-order valence-electron chi connectivity index (χ0n) is 21.9. The number of esters is 1. The standard InChI is InChI=1S/C30H32N2O4/c1-8-36-30(34)28-22(6)32(24-9-11-26(35-7)12-10-24)29(33)27(28)17-23-16-20(4)31(21(23)5)25-14-18(2)13-19(3)15-25/h9-17H,8H2,1-7H3/b27-17-. The number of anilines is 1. The zero-order valence-corrected chi connectivity index (χ0v) is 21.9. The number of methoxy groups -OCH3 is 1. The molecule has 1 aliphatic heterocycles. The topological polar surface area (TPSA) is 60.8 Å². The Morgan fingerprint density at radius 2 is 1.56 bits per heavy atom. The summed E-state index contributed by atoms with van der Waals surface area (Å²) in [4.78, 5) is 28.3. The molecule has 6 nitrogen and oxygen atoms in total. The molecule has 0 radical (unpaired) electrons. The van der Waals surface area contributed by atoms with Gasteiger partial charge in [0.2, 0.25) is 0 Å². The number of carbonyl (C=O) groups is 2. The molecule has 36 heavy (non-hydrogen) atoms. The number of amides is 1. The molecule has 0 atom stereocenters. The van der Waals surface area contributed by atoms with Crippen LogP contribution in [0.15, 0.2) is 65.4 Å². The van der Waals surface area contributed by atoms with Gasteiger partial charge in [0.15, 0.2) is 0 Å². The molecule has 6 heteroatoms. The molecule has 0 fully saturated rings. The van der Waals surface area contributed by atoms with Gasteiger partial charge < -0.3 is 14.0 Å². The van der Waals surface area contributed by atoms with Crippen molar-refractivity contribution in [2.75, 3.05) is 18.6 Å². The van der Waals surface area contributed by atoms with E-state index < -0.39 is 5.97 Å². The molecule has 0 spiro atoms.